The second kappa shape index (κ2) is 12.6. The van der Waals surface area contributed by atoms with Crippen LogP contribution in [0.25, 0.3) is 0 Å². The first-order chi connectivity index (χ1) is 18.2. The molecule has 208 valence electrons. The summed E-state index contributed by atoms with van der Waals surface area (Å²) in [6, 6.07) is 12.8. The summed E-state index contributed by atoms with van der Waals surface area (Å²) in [6.45, 7) is 26.2. The molecule has 4 heteroatoms. The molecule has 3 rings (SSSR count). The van der Waals surface area contributed by atoms with Gasteiger partial charge in [0.25, 0.3) is 0 Å². The third-order valence-electron chi connectivity index (χ3n) is 7.20. The Labute approximate surface area is 241 Å². The van der Waals surface area contributed by atoms with E-state index in [0.29, 0.717) is 28.7 Å². The number of rotatable bonds is 8. The average molecular weight is 544 g/mol. The summed E-state index contributed by atoms with van der Waals surface area (Å²) in [5.74, 6) is 1.47. The molecular weight excluding hydrogens is 498 g/mol. The monoisotopic (exact) mass is 543 g/mol. The predicted octanol–water partition coefficient (Wildman–Crippen LogP) is 11.1. The number of nitrogens with zero attached hydrogens (tertiary/aromatic N) is 3. The number of aryl methyl sites for hydroxylation is 2. The van der Waals surface area contributed by atoms with Crippen molar-refractivity contribution in [2.24, 2.45) is 9.98 Å². The van der Waals surface area contributed by atoms with E-state index >= 15 is 0 Å². The highest BCUT2D eigenvalue weighted by Crippen LogP contribution is 2.38. The summed E-state index contributed by atoms with van der Waals surface area (Å²) in [4.78, 5) is 15.4. The van der Waals surface area contributed by atoms with Gasteiger partial charge in [0.15, 0.2) is 0 Å². The van der Waals surface area contributed by atoms with Gasteiger partial charge in [0, 0.05) is 5.02 Å². The molecule has 0 aliphatic carbocycles. The first-order valence-electron chi connectivity index (χ1n) is 14.3. The van der Waals surface area contributed by atoms with Crippen LogP contribution in [0.3, 0.4) is 0 Å². The van der Waals surface area contributed by atoms with Crippen molar-refractivity contribution in [2.75, 3.05) is 0 Å². The third kappa shape index (κ3) is 7.25. The molecule has 39 heavy (non-hydrogen) atoms. The lowest BCUT2D eigenvalue weighted by Gasteiger charge is -2.19. The molecule has 3 aromatic rings. The topological polar surface area (TPSA) is 37.6 Å². The maximum atomic E-state index is 6.66. The number of aliphatic imine (C=N–C) groups is 2. The van der Waals surface area contributed by atoms with Crippen molar-refractivity contribution in [2.45, 2.75) is 107 Å². The van der Waals surface area contributed by atoms with Gasteiger partial charge in [-0.05, 0) is 85.8 Å². The van der Waals surface area contributed by atoms with Crippen molar-refractivity contribution in [1.29, 1.82) is 0 Å². The maximum absolute atomic E-state index is 6.66. The first kappa shape index (κ1) is 30.8. The number of halogens is 1. The number of benzene rings is 2. The molecule has 1 heterocycles. The van der Waals surface area contributed by atoms with E-state index in [9.17, 15) is 0 Å². The number of hydrogen-bond acceptors (Lipinski definition) is 3. The van der Waals surface area contributed by atoms with Gasteiger partial charge in [0.05, 0.1) is 34.2 Å². The molecule has 0 amide bonds. The minimum absolute atomic E-state index is 0.367. The molecule has 0 saturated heterocycles. The first-order valence-corrected chi connectivity index (χ1v) is 14.6. The molecule has 0 saturated carbocycles. The van der Waals surface area contributed by atoms with E-state index in [0.717, 1.165) is 34.2 Å². The Hall–Kier alpha value is -2.78. The van der Waals surface area contributed by atoms with E-state index in [1.165, 1.54) is 33.4 Å². The Morgan fingerprint density at radius 2 is 0.846 bits per heavy atom. The zero-order valence-corrected chi connectivity index (χ0v) is 26.7. The molecule has 0 atom stereocenters. The van der Waals surface area contributed by atoms with Crippen molar-refractivity contribution in [1.82, 2.24) is 4.98 Å². The Morgan fingerprint density at radius 3 is 1.10 bits per heavy atom. The van der Waals surface area contributed by atoms with Crippen LogP contribution in [-0.4, -0.2) is 16.4 Å². The van der Waals surface area contributed by atoms with Gasteiger partial charge in [-0.25, -0.2) is 4.98 Å². The van der Waals surface area contributed by atoms with E-state index in [1.807, 2.05) is 26.0 Å². The molecule has 0 aliphatic rings. The highest BCUT2D eigenvalue weighted by Gasteiger charge is 2.18. The largest absolute Gasteiger partial charge is 0.251 e. The van der Waals surface area contributed by atoms with E-state index in [-0.39, 0.29) is 0 Å². The second-order valence-electron chi connectivity index (χ2n) is 12.2. The van der Waals surface area contributed by atoms with E-state index < -0.39 is 0 Å². The lowest BCUT2D eigenvalue weighted by atomic mass is 9.90. The third-order valence-corrected chi connectivity index (χ3v) is 7.42. The summed E-state index contributed by atoms with van der Waals surface area (Å²) in [5.41, 5.74) is 12.9. The van der Waals surface area contributed by atoms with Crippen LogP contribution in [0.5, 0.6) is 0 Å². The van der Waals surface area contributed by atoms with Crippen LogP contribution >= 0.6 is 11.6 Å². The van der Waals surface area contributed by atoms with Crippen LogP contribution in [0.1, 0.15) is 138 Å². The quantitative estimate of drug-likeness (QED) is 0.260. The molecule has 0 spiro atoms. The number of aromatic nitrogens is 1. The van der Waals surface area contributed by atoms with Gasteiger partial charge in [-0.15, -0.1) is 0 Å². The standard InChI is InChI=1S/C35H46ClN3/c1-19(2)28-13-23(9)14-29(20(3)4)34(28)37-25(11)32-17-27(36)18-33(39-32)26(12)38-35-30(21(5)6)15-24(10)16-31(35)22(7)8/h13-22H,1-12H3. The van der Waals surface area contributed by atoms with Crippen molar-refractivity contribution >= 4 is 34.4 Å². The summed E-state index contributed by atoms with van der Waals surface area (Å²) >= 11 is 6.66. The molecular formula is C35H46ClN3. The van der Waals surface area contributed by atoms with Gasteiger partial charge in [-0.3, -0.25) is 9.98 Å². The molecule has 1 aromatic heterocycles. The summed E-state index contributed by atoms with van der Waals surface area (Å²) in [6.07, 6.45) is 0. The molecule has 0 N–H and O–H groups in total. The summed E-state index contributed by atoms with van der Waals surface area (Å²) < 4.78 is 0. The zero-order chi connectivity index (χ0) is 29.2. The molecule has 3 nitrogen and oxygen atoms in total. The van der Waals surface area contributed by atoms with Gasteiger partial charge >= 0.3 is 0 Å². The van der Waals surface area contributed by atoms with Crippen molar-refractivity contribution in [3.05, 3.63) is 86.2 Å². The molecule has 0 aliphatic heterocycles. The van der Waals surface area contributed by atoms with Crippen LogP contribution < -0.4 is 0 Å². The van der Waals surface area contributed by atoms with Crippen molar-refractivity contribution in [3.63, 3.8) is 0 Å². The van der Waals surface area contributed by atoms with E-state index in [4.69, 9.17) is 26.6 Å². The lowest BCUT2D eigenvalue weighted by molar-refractivity contribution is 0.831. The van der Waals surface area contributed by atoms with Crippen molar-refractivity contribution < 1.29 is 0 Å². The Kier molecular flexibility index (Phi) is 9.93. The average Bonchev–Trinajstić information content (AvgIpc) is 2.84. The lowest BCUT2D eigenvalue weighted by Crippen LogP contribution is -2.07. The minimum Gasteiger partial charge on any atom is -0.251 e. The Bertz CT molecular complexity index is 1250. The van der Waals surface area contributed by atoms with Gasteiger partial charge in [0.1, 0.15) is 0 Å². The fourth-order valence-electron chi connectivity index (χ4n) is 5.01. The number of pyridine rings is 1. The SMILES string of the molecule is CC(=Nc1c(C(C)C)cc(C)cc1C(C)C)c1cc(Cl)cc(C(C)=Nc2c(C(C)C)cc(C)cc2C(C)C)n1. The molecule has 0 fully saturated rings. The Morgan fingerprint density at radius 1 is 0.564 bits per heavy atom. The van der Waals surface area contributed by atoms with Gasteiger partial charge in [-0.2, -0.15) is 0 Å². The fourth-order valence-corrected chi connectivity index (χ4v) is 5.21. The van der Waals surface area contributed by atoms with E-state index in [2.05, 4.69) is 93.5 Å². The smallest absolute Gasteiger partial charge is 0.0864 e. The van der Waals surface area contributed by atoms with Crippen LogP contribution in [0.2, 0.25) is 5.02 Å². The van der Waals surface area contributed by atoms with Crippen LogP contribution in [0.15, 0.2) is 46.4 Å². The molecule has 2 aromatic carbocycles. The predicted molar refractivity (Wildman–Crippen MR) is 172 cm³/mol. The fraction of sp³-hybridized carbons (Fsp3) is 0.457. The highest BCUT2D eigenvalue weighted by atomic mass is 35.5. The summed E-state index contributed by atoms with van der Waals surface area (Å²) in [7, 11) is 0. The van der Waals surface area contributed by atoms with Crippen LogP contribution in [-0.2, 0) is 0 Å². The molecule has 0 bridgehead atoms. The van der Waals surface area contributed by atoms with E-state index in [1.54, 1.807) is 0 Å². The highest BCUT2D eigenvalue weighted by molar-refractivity contribution is 6.31. The van der Waals surface area contributed by atoms with Gasteiger partial charge < -0.3 is 0 Å². The zero-order valence-electron chi connectivity index (χ0n) is 26.0. The number of hydrogen-bond donors (Lipinski definition) is 0. The molecule has 0 unspecified atom stereocenters. The molecule has 0 radical (unpaired) electrons. The van der Waals surface area contributed by atoms with Crippen LogP contribution in [0, 0.1) is 13.8 Å². The second-order valence-corrected chi connectivity index (χ2v) is 12.6. The minimum atomic E-state index is 0.367. The summed E-state index contributed by atoms with van der Waals surface area (Å²) in [5, 5.41) is 0.633. The van der Waals surface area contributed by atoms with Crippen LogP contribution in [0.4, 0.5) is 11.4 Å². The van der Waals surface area contributed by atoms with Gasteiger partial charge in [-0.1, -0.05) is 102 Å². The van der Waals surface area contributed by atoms with Crippen molar-refractivity contribution in [3.8, 4) is 0 Å². The maximum Gasteiger partial charge on any atom is 0.0864 e. The van der Waals surface area contributed by atoms with Gasteiger partial charge in [0.2, 0.25) is 0 Å². The Balaban J connectivity index is 2.17. The normalized spacial score (nSPS) is 12.9.